The first-order chi connectivity index (χ1) is 9.63. The highest BCUT2D eigenvalue weighted by Crippen LogP contribution is 1.99. The van der Waals surface area contributed by atoms with Gasteiger partial charge >= 0.3 is 0 Å². The third-order valence-corrected chi connectivity index (χ3v) is 3.58. The minimum absolute atomic E-state index is 0.397. The van der Waals surface area contributed by atoms with E-state index in [0.29, 0.717) is 19.2 Å². The van der Waals surface area contributed by atoms with Gasteiger partial charge < -0.3 is 20.1 Å². The van der Waals surface area contributed by atoms with Crippen LogP contribution in [0.4, 0.5) is 0 Å². The van der Waals surface area contributed by atoms with Crippen LogP contribution >= 0.6 is 0 Å². The number of nitrogens with zero attached hydrogens (tertiary/aromatic N) is 1. The Hall–Kier alpha value is -0.160. The summed E-state index contributed by atoms with van der Waals surface area (Å²) in [6.07, 6.45) is 4.45. The Kier molecular flexibility index (Phi) is 13.7. The van der Waals surface area contributed by atoms with Crippen LogP contribution < -0.4 is 5.32 Å². The Morgan fingerprint density at radius 3 is 2.40 bits per heavy atom. The maximum Gasteiger partial charge on any atom is 0.0897 e. The van der Waals surface area contributed by atoms with Crippen molar-refractivity contribution in [3.63, 3.8) is 0 Å². The third kappa shape index (κ3) is 11.6. The summed E-state index contributed by atoms with van der Waals surface area (Å²) in [5.41, 5.74) is 0. The molecule has 0 aliphatic heterocycles. The van der Waals surface area contributed by atoms with E-state index in [1.54, 1.807) is 0 Å². The first kappa shape index (κ1) is 19.8. The molecule has 0 spiro atoms. The Balaban J connectivity index is 3.49. The van der Waals surface area contributed by atoms with Gasteiger partial charge in [-0.2, -0.15) is 0 Å². The van der Waals surface area contributed by atoms with Crippen molar-refractivity contribution in [3.05, 3.63) is 0 Å². The lowest BCUT2D eigenvalue weighted by Crippen LogP contribution is -2.42. The lowest BCUT2D eigenvalue weighted by atomic mass is 10.2. The molecule has 4 nitrogen and oxygen atoms in total. The molecule has 2 N–H and O–H groups in total. The second-order valence-corrected chi connectivity index (χ2v) is 5.58. The van der Waals surface area contributed by atoms with Crippen molar-refractivity contribution in [3.8, 4) is 0 Å². The van der Waals surface area contributed by atoms with Crippen LogP contribution in [-0.2, 0) is 4.74 Å². The van der Waals surface area contributed by atoms with Gasteiger partial charge in [0.25, 0.3) is 0 Å². The van der Waals surface area contributed by atoms with Gasteiger partial charge in [-0.05, 0) is 26.4 Å². The van der Waals surface area contributed by atoms with Gasteiger partial charge in [0.15, 0.2) is 0 Å². The van der Waals surface area contributed by atoms with E-state index in [9.17, 15) is 5.11 Å². The van der Waals surface area contributed by atoms with Crippen LogP contribution in [0.25, 0.3) is 0 Å². The summed E-state index contributed by atoms with van der Waals surface area (Å²) in [4.78, 5) is 2.38. The molecule has 0 saturated heterocycles. The third-order valence-electron chi connectivity index (χ3n) is 3.58. The molecule has 0 aliphatic rings. The molecule has 0 heterocycles. The molecule has 0 radical (unpaired) electrons. The van der Waals surface area contributed by atoms with Crippen molar-refractivity contribution in [2.75, 3.05) is 39.4 Å². The first-order valence-electron chi connectivity index (χ1n) is 8.35. The molecule has 0 aromatic carbocycles. The molecular formula is C16H36N2O2. The SMILES string of the molecule is CCCCCCOCC(O)CNC(C)CN(CC)CC. The maximum atomic E-state index is 9.85. The average Bonchev–Trinajstić information content (AvgIpc) is 2.46. The van der Waals surface area contributed by atoms with Crippen LogP contribution in [0.3, 0.4) is 0 Å². The lowest BCUT2D eigenvalue weighted by Gasteiger charge is -2.24. The van der Waals surface area contributed by atoms with Crippen molar-refractivity contribution >= 4 is 0 Å². The van der Waals surface area contributed by atoms with Crippen LogP contribution in [0.15, 0.2) is 0 Å². The highest BCUT2D eigenvalue weighted by Gasteiger charge is 2.09. The zero-order chi connectivity index (χ0) is 15.2. The molecule has 0 rings (SSSR count). The standard InChI is InChI=1S/C16H36N2O2/c1-5-8-9-10-11-20-14-16(19)12-17-15(4)13-18(6-2)7-3/h15-17,19H,5-14H2,1-4H3. The van der Waals surface area contributed by atoms with E-state index in [1.165, 1.54) is 19.3 Å². The summed E-state index contributed by atoms with van der Waals surface area (Å²) in [5, 5.41) is 13.2. The molecular weight excluding hydrogens is 252 g/mol. The smallest absolute Gasteiger partial charge is 0.0897 e. The highest BCUT2D eigenvalue weighted by molar-refractivity contribution is 4.69. The fourth-order valence-electron chi connectivity index (χ4n) is 2.18. The van der Waals surface area contributed by atoms with Gasteiger partial charge in [-0.1, -0.05) is 40.0 Å². The van der Waals surface area contributed by atoms with Crippen LogP contribution in [-0.4, -0.2) is 61.5 Å². The molecule has 0 aromatic rings. The Labute approximate surface area is 125 Å². The Morgan fingerprint density at radius 1 is 1.10 bits per heavy atom. The number of likely N-dealkylation sites (N-methyl/N-ethyl adjacent to an activating group) is 1. The van der Waals surface area contributed by atoms with E-state index >= 15 is 0 Å². The van der Waals surface area contributed by atoms with Gasteiger partial charge in [0.1, 0.15) is 0 Å². The number of hydrogen-bond acceptors (Lipinski definition) is 4. The predicted molar refractivity (Wildman–Crippen MR) is 86.2 cm³/mol. The van der Waals surface area contributed by atoms with E-state index in [4.69, 9.17) is 4.74 Å². The summed E-state index contributed by atoms with van der Waals surface area (Å²) in [5.74, 6) is 0. The number of aliphatic hydroxyl groups excluding tert-OH is 1. The van der Waals surface area contributed by atoms with Crippen molar-refractivity contribution < 1.29 is 9.84 Å². The van der Waals surface area contributed by atoms with Crippen molar-refractivity contribution in [2.24, 2.45) is 0 Å². The van der Waals surface area contributed by atoms with Gasteiger partial charge in [0.2, 0.25) is 0 Å². The van der Waals surface area contributed by atoms with E-state index in [0.717, 1.165) is 32.7 Å². The zero-order valence-corrected chi connectivity index (χ0v) is 14.0. The maximum absolute atomic E-state index is 9.85. The molecule has 0 saturated carbocycles. The largest absolute Gasteiger partial charge is 0.389 e. The van der Waals surface area contributed by atoms with Crippen molar-refractivity contribution in [2.45, 2.75) is 65.5 Å². The summed E-state index contributed by atoms with van der Waals surface area (Å²) in [6.45, 7) is 13.7. The van der Waals surface area contributed by atoms with E-state index in [-0.39, 0.29) is 0 Å². The topological polar surface area (TPSA) is 44.7 Å². The Morgan fingerprint density at radius 2 is 1.80 bits per heavy atom. The second-order valence-electron chi connectivity index (χ2n) is 5.58. The monoisotopic (exact) mass is 288 g/mol. The number of hydrogen-bond donors (Lipinski definition) is 2. The van der Waals surface area contributed by atoms with Gasteiger partial charge in [-0.25, -0.2) is 0 Å². The van der Waals surface area contributed by atoms with E-state index < -0.39 is 6.10 Å². The first-order valence-corrected chi connectivity index (χ1v) is 8.35. The van der Waals surface area contributed by atoms with Crippen LogP contribution in [0, 0.1) is 0 Å². The zero-order valence-electron chi connectivity index (χ0n) is 14.0. The van der Waals surface area contributed by atoms with Crippen LogP contribution in [0.2, 0.25) is 0 Å². The van der Waals surface area contributed by atoms with Gasteiger partial charge in [-0.15, -0.1) is 0 Å². The highest BCUT2D eigenvalue weighted by atomic mass is 16.5. The molecule has 2 atom stereocenters. The quantitative estimate of drug-likeness (QED) is 0.481. The summed E-state index contributed by atoms with van der Waals surface area (Å²) < 4.78 is 5.50. The number of ether oxygens (including phenoxy) is 1. The fourth-order valence-corrected chi connectivity index (χ4v) is 2.18. The van der Waals surface area contributed by atoms with E-state index in [1.807, 2.05) is 0 Å². The second kappa shape index (κ2) is 13.8. The number of rotatable bonds is 14. The normalized spacial score (nSPS) is 14.7. The molecule has 0 aliphatic carbocycles. The number of unbranched alkanes of at least 4 members (excludes halogenated alkanes) is 3. The fraction of sp³-hybridized carbons (Fsp3) is 1.00. The van der Waals surface area contributed by atoms with Crippen molar-refractivity contribution in [1.82, 2.24) is 10.2 Å². The molecule has 0 aromatic heterocycles. The molecule has 0 amide bonds. The molecule has 4 heteroatoms. The van der Waals surface area contributed by atoms with Gasteiger partial charge in [0.05, 0.1) is 12.7 Å². The van der Waals surface area contributed by atoms with Crippen molar-refractivity contribution in [1.29, 1.82) is 0 Å². The summed E-state index contributed by atoms with van der Waals surface area (Å²) in [7, 11) is 0. The minimum Gasteiger partial charge on any atom is -0.389 e. The Bertz CT molecular complexity index is 199. The van der Waals surface area contributed by atoms with E-state index in [2.05, 4.69) is 37.9 Å². The summed E-state index contributed by atoms with van der Waals surface area (Å²) >= 11 is 0. The molecule has 0 fully saturated rings. The average molecular weight is 288 g/mol. The van der Waals surface area contributed by atoms with Crippen LogP contribution in [0.1, 0.15) is 53.4 Å². The minimum atomic E-state index is -0.402. The van der Waals surface area contributed by atoms with Crippen LogP contribution in [0.5, 0.6) is 0 Å². The molecule has 2 unspecified atom stereocenters. The molecule has 122 valence electrons. The predicted octanol–water partition coefficient (Wildman–Crippen LogP) is 2.26. The van der Waals surface area contributed by atoms with Gasteiger partial charge in [0, 0.05) is 25.7 Å². The number of aliphatic hydroxyl groups is 1. The molecule has 0 bridgehead atoms. The summed E-state index contributed by atoms with van der Waals surface area (Å²) in [6, 6.07) is 0.397. The van der Waals surface area contributed by atoms with Gasteiger partial charge in [-0.3, -0.25) is 0 Å². The molecule has 20 heavy (non-hydrogen) atoms. The number of nitrogens with one attached hydrogen (secondary N) is 1. The lowest BCUT2D eigenvalue weighted by molar-refractivity contribution is 0.0338.